The third-order valence-corrected chi connectivity index (χ3v) is 6.78. The van der Waals surface area contributed by atoms with E-state index in [4.69, 9.17) is 4.98 Å². The number of hydrogen-bond acceptors (Lipinski definition) is 10. The van der Waals surface area contributed by atoms with E-state index in [1.165, 1.54) is 0 Å². The molecule has 5 rings (SSSR count). The average molecular weight is 503 g/mol. The van der Waals surface area contributed by atoms with Gasteiger partial charge in [0, 0.05) is 36.6 Å². The topological polar surface area (TPSA) is 130 Å². The largest absolute Gasteiger partial charge is 0.481 e. The molecule has 4 aromatic heterocycles. The third-order valence-electron chi connectivity index (χ3n) is 5.88. The summed E-state index contributed by atoms with van der Waals surface area (Å²) in [5, 5.41) is 15.5. The first-order valence-electron chi connectivity index (χ1n) is 11.8. The monoisotopic (exact) mass is 502 g/mol. The Morgan fingerprint density at radius 1 is 1.11 bits per heavy atom. The molecule has 1 fully saturated rings. The fraction of sp³-hybridized carbons (Fsp3) is 0.320. The van der Waals surface area contributed by atoms with Gasteiger partial charge in [0.1, 0.15) is 28.2 Å². The van der Waals surface area contributed by atoms with Crippen LogP contribution in [0.4, 0.5) is 11.6 Å². The first-order chi connectivity index (χ1) is 17.5. The van der Waals surface area contributed by atoms with E-state index in [1.807, 2.05) is 30.5 Å². The Morgan fingerprint density at radius 3 is 2.78 bits per heavy atom. The summed E-state index contributed by atoms with van der Waals surface area (Å²) in [5.74, 6) is 1.43. The van der Waals surface area contributed by atoms with Gasteiger partial charge in [0.25, 0.3) is 0 Å². The summed E-state index contributed by atoms with van der Waals surface area (Å²) >= 11 is 1.57. The van der Waals surface area contributed by atoms with E-state index in [0.29, 0.717) is 48.5 Å². The standard InChI is InChI=1S/C25H26N8O2S/c1-16-4-2-6-19(28-16)24-27-10-8-21(32-24)30-20-7-9-26-22(31-20)12-23-29-18(15-36-23)14-33-11-3-5-17(13-33)25(34)35/h2,4,6-10,15,17H,3,5,11-14H2,1H3,(H,34,35)(H,26,27,30,31,32)/t17-/m1/s1. The summed E-state index contributed by atoms with van der Waals surface area (Å²) < 4.78 is 0. The van der Waals surface area contributed by atoms with Crippen molar-refractivity contribution >= 4 is 28.9 Å². The Balaban J connectivity index is 1.22. The minimum Gasteiger partial charge on any atom is -0.481 e. The molecule has 0 unspecified atom stereocenters. The number of carbonyl (C=O) groups is 1. The molecular formula is C25H26N8O2S. The molecule has 0 aromatic carbocycles. The zero-order chi connectivity index (χ0) is 24.9. The normalized spacial score (nSPS) is 16.1. The minimum atomic E-state index is -0.714. The molecular weight excluding hydrogens is 476 g/mol. The molecule has 2 N–H and O–H groups in total. The van der Waals surface area contributed by atoms with E-state index in [2.05, 4.69) is 35.1 Å². The van der Waals surface area contributed by atoms with E-state index in [9.17, 15) is 9.90 Å². The number of aryl methyl sites for hydroxylation is 1. The molecule has 11 heteroatoms. The lowest BCUT2D eigenvalue weighted by Crippen LogP contribution is -2.38. The van der Waals surface area contributed by atoms with Gasteiger partial charge in [-0.3, -0.25) is 9.69 Å². The highest BCUT2D eigenvalue weighted by atomic mass is 32.1. The lowest BCUT2D eigenvalue weighted by Gasteiger charge is -2.29. The summed E-state index contributed by atoms with van der Waals surface area (Å²) in [6.07, 6.45) is 5.56. The van der Waals surface area contributed by atoms with E-state index < -0.39 is 5.97 Å². The van der Waals surface area contributed by atoms with E-state index in [1.54, 1.807) is 35.9 Å². The van der Waals surface area contributed by atoms with E-state index >= 15 is 0 Å². The van der Waals surface area contributed by atoms with Crippen molar-refractivity contribution in [2.24, 2.45) is 5.92 Å². The number of nitrogens with zero attached hydrogens (tertiary/aromatic N) is 7. The lowest BCUT2D eigenvalue weighted by atomic mass is 9.98. The van der Waals surface area contributed by atoms with Crippen LogP contribution in [0.1, 0.15) is 35.1 Å². The number of aliphatic carboxylic acids is 1. The van der Waals surface area contributed by atoms with Crippen LogP contribution < -0.4 is 5.32 Å². The number of likely N-dealkylation sites (tertiary alicyclic amines) is 1. The van der Waals surface area contributed by atoms with Gasteiger partial charge in [-0.2, -0.15) is 0 Å². The number of nitrogens with one attached hydrogen (secondary N) is 1. The van der Waals surface area contributed by atoms with Gasteiger partial charge in [-0.15, -0.1) is 11.3 Å². The molecule has 184 valence electrons. The Hall–Kier alpha value is -3.83. The maximum atomic E-state index is 11.3. The molecule has 0 spiro atoms. The number of rotatable bonds is 8. The molecule has 5 heterocycles. The number of piperidine rings is 1. The van der Waals surface area contributed by atoms with Crippen LogP contribution in [0.3, 0.4) is 0 Å². The second-order valence-corrected chi connectivity index (χ2v) is 9.68. The molecule has 1 aliphatic rings. The summed E-state index contributed by atoms with van der Waals surface area (Å²) in [5.41, 5.74) is 2.57. The van der Waals surface area contributed by atoms with Crippen LogP contribution in [0.5, 0.6) is 0 Å². The first-order valence-corrected chi connectivity index (χ1v) is 12.6. The molecule has 0 radical (unpaired) electrons. The Labute approximate surface area is 212 Å². The molecule has 36 heavy (non-hydrogen) atoms. The van der Waals surface area contributed by atoms with Crippen LogP contribution in [0, 0.1) is 12.8 Å². The number of pyridine rings is 1. The molecule has 0 bridgehead atoms. The fourth-order valence-corrected chi connectivity index (χ4v) is 4.95. The SMILES string of the molecule is Cc1cccc(-c2nccc(Nc3ccnc(Cc4nc(CN5CCC[C@@H](C(=O)O)C5)cs4)n3)n2)n1. The predicted molar refractivity (Wildman–Crippen MR) is 136 cm³/mol. The molecule has 4 aromatic rings. The van der Waals surface area contributed by atoms with Gasteiger partial charge in [-0.1, -0.05) is 6.07 Å². The van der Waals surface area contributed by atoms with Crippen molar-refractivity contribution in [2.75, 3.05) is 18.4 Å². The zero-order valence-corrected chi connectivity index (χ0v) is 20.6. The van der Waals surface area contributed by atoms with Gasteiger partial charge in [-0.25, -0.2) is 29.9 Å². The van der Waals surface area contributed by atoms with Gasteiger partial charge in [0.05, 0.1) is 18.0 Å². The maximum absolute atomic E-state index is 11.3. The minimum absolute atomic E-state index is 0.292. The molecule has 0 saturated carbocycles. The van der Waals surface area contributed by atoms with Crippen molar-refractivity contribution in [3.63, 3.8) is 0 Å². The number of hydrogen-bond donors (Lipinski definition) is 2. The number of carboxylic acid groups (broad SMARTS) is 1. The smallest absolute Gasteiger partial charge is 0.307 e. The fourth-order valence-electron chi connectivity index (χ4n) is 4.17. The van der Waals surface area contributed by atoms with Crippen molar-refractivity contribution in [3.8, 4) is 11.5 Å². The van der Waals surface area contributed by atoms with Gasteiger partial charge in [0.2, 0.25) is 0 Å². The summed E-state index contributed by atoms with van der Waals surface area (Å²) in [4.78, 5) is 40.7. The Kier molecular flexibility index (Phi) is 7.19. The molecule has 1 atom stereocenters. The van der Waals surface area contributed by atoms with Crippen molar-refractivity contribution < 1.29 is 9.90 Å². The quantitative estimate of drug-likeness (QED) is 0.367. The van der Waals surface area contributed by atoms with Crippen LogP contribution in [0.25, 0.3) is 11.5 Å². The van der Waals surface area contributed by atoms with Gasteiger partial charge < -0.3 is 10.4 Å². The zero-order valence-electron chi connectivity index (χ0n) is 19.8. The third kappa shape index (κ3) is 6.04. The second kappa shape index (κ2) is 10.8. The second-order valence-electron chi connectivity index (χ2n) is 8.73. The summed E-state index contributed by atoms with van der Waals surface area (Å²) in [6, 6.07) is 9.32. The highest BCUT2D eigenvalue weighted by Gasteiger charge is 2.25. The van der Waals surface area contributed by atoms with Crippen LogP contribution in [0.15, 0.2) is 48.1 Å². The first kappa shape index (κ1) is 23.9. The summed E-state index contributed by atoms with van der Waals surface area (Å²) in [7, 11) is 0. The van der Waals surface area contributed by atoms with Crippen LogP contribution in [0.2, 0.25) is 0 Å². The van der Waals surface area contributed by atoms with Crippen LogP contribution in [-0.4, -0.2) is 59.0 Å². The highest BCUT2D eigenvalue weighted by Crippen LogP contribution is 2.21. The number of aromatic nitrogens is 6. The highest BCUT2D eigenvalue weighted by molar-refractivity contribution is 7.09. The Morgan fingerprint density at radius 2 is 1.94 bits per heavy atom. The molecule has 10 nitrogen and oxygen atoms in total. The van der Waals surface area contributed by atoms with E-state index in [-0.39, 0.29) is 5.92 Å². The number of thiazole rings is 1. The molecule has 0 aliphatic carbocycles. The predicted octanol–water partition coefficient (Wildman–Crippen LogP) is 3.72. The number of carboxylic acids is 1. The van der Waals surface area contributed by atoms with Gasteiger partial charge in [-0.05, 0) is 50.6 Å². The van der Waals surface area contributed by atoms with Gasteiger partial charge >= 0.3 is 5.97 Å². The molecule has 1 saturated heterocycles. The summed E-state index contributed by atoms with van der Waals surface area (Å²) in [6.45, 7) is 4.07. The molecule has 1 aliphatic heterocycles. The molecule has 0 amide bonds. The lowest BCUT2D eigenvalue weighted by molar-refractivity contribution is -0.143. The van der Waals surface area contributed by atoms with Gasteiger partial charge in [0.15, 0.2) is 5.82 Å². The van der Waals surface area contributed by atoms with Crippen molar-refractivity contribution in [1.82, 2.24) is 34.8 Å². The van der Waals surface area contributed by atoms with Crippen molar-refractivity contribution in [2.45, 2.75) is 32.7 Å². The van der Waals surface area contributed by atoms with Crippen LogP contribution in [-0.2, 0) is 17.8 Å². The number of anilines is 2. The van der Waals surface area contributed by atoms with Crippen LogP contribution >= 0.6 is 11.3 Å². The maximum Gasteiger partial charge on any atom is 0.307 e. The van der Waals surface area contributed by atoms with Crippen molar-refractivity contribution in [3.05, 3.63) is 70.3 Å². The van der Waals surface area contributed by atoms with E-state index in [0.717, 1.165) is 35.8 Å². The van der Waals surface area contributed by atoms with Crippen molar-refractivity contribution in [1.29, 1.82) is 0 Å². The Bertz CT molecular complexity index is 1360. The average Bonchev–Trinajstić information content (AvgIpc) is 3.31.